The van der Waals surface area contributed by atoms with Crippen LogP contribution in [0.15, 0.2) is 11.6 Å². The van der Waals surface area contributed by atoms with Gasteiger partial charge in [-0.25, -0.2) is 0 Å². The van der Waals surface area contributed by atoms with Gasteiger partial charge in [-0.15, -0.1) is 0 Å². The summed E-state index contributed by atoms with van der Waals surface area (Å²) in [5, 5.41) is 192. The number of fused-ring (bicyclic) bond motifs is 5. The summed E-state index contributed by atoms with van der Waals surface area (Å²) in [6.07, 6.45) is -33.3. The molecule has 9 aliphatic rings. The molecule has 0 aromatic carbocycles. The minimum Gasteiger partial charge on any atom is -0.394 e. The number of allylic oxidation sites excluding steroid dienone is 1. The van der Waals surface area contributed by atoms with Gasteiger partial charge in [-0.2, -0.15) is 0 Å². The van der Waals surface area contributed by atoms with Gasteiger partial charge >= 0.3 is 0 Å². The van der Waals surface area contributed by atoms with Crippen molar-refractivity contribution in [2.24, 2.45) is 45.8 Å². The second-order valence-corrected chi connectivity index (χ2v) is 27.8. The van der Waals surface area contributed by atoms with Crippen LogP contribution in [0.2, 0.25) is 0 Å². The first-order valence-electron chi connectivity index (χ1n) is 31.1. The summed E-state index contributed by atoms with van der Waals surface area (Å²) in [6.45, 7) is 11.3. The van der Waals surface area contributed by atoms with Gasteiger partial charge < -0.3 is 139 Å². The van der Waals surface area contributed by atoms with Crippen LogP contribution in [0.5, 0.6) is 0 Å². The number of hydrogen-bond donors (Lipinski definition) is 18. The van der Waals surface area contributed by atoms with E-state index < -0.39 is 204 Å². The molecule has 28 heteroatoms. The van der Waals surface area contributed by atoms with Gasteiger partial charge in [0.2, 0.25) is 0 Å². The maximum absolute atomic E-state index is 11.8. The van der Waals surface area contributed by atoms with Gasteiger partial charge in [0.05, 0.1) is 50.8 Å². The first-order valence-corrected chi connectivity index (χ1v) is 31.1. The Morgan fingerprint density at radius 3 is 1.47 bits per heavy atom. The summed E-state index contributed by atoms with van der Waals surface area (Å²) in [6, 6.07) is 0. The van der Waals surface area contributed by atoms with Crippen molar-refractivity contribution >= 4 is 0 Å². The Balaban J connectivity index is 0.860. The smallest absolute Gasteiger partial charge is 0.187 e. The Kier molecular flexibility index (Phi) is 22.1. The Bertz CT molecular complexity index is 2260. The van der Waals surface area contributed by atoms with Gasteiger partial charge in [-0.1, -0.05) is 46.3 Å². The summed E-state index contributed by atoms with van der Waals surface area (Å²) in [4.78, 5) is 0. The predicted octanol–water partition coefficient (Wildman–Crippen LogP) is -4.77. The molecule has 8 fully saturated rings. The molecule has 0 spiro atoms. The fourth-order valence-corrected chi connectivity index (χ4v) is 16.7. The van der Waals surface area contributed by atoms with Gasteiger partial charge in [-0.3, -0.25) is 0 Å². The van der Waals surface area contributed by atoms with Crippen LogP contribution in [0.1, 0.15) is 106 Å². The molecule has 18 N–H and O–H groups in total. The minimum absolute atomic E-state index is 0.0758. The van der Waals surface area contributed by atoms with Crippen molar-refractivity contribution in [2.75, 3.05) is 33.0 Å². The normalized spacial score (nSPS) is 52.1. The third-order valence-electron chi connectivity index (χ3n) is 22.4. The van der Waals surface area contributed by atoms with E-state index in [0.29, 0.717) is 18.8 Å². The van der Waals surface area contributed by atoms with Gasteiger partial charge in [0, 0.05) is 5.92 Å². The van der Waals surface area contributed by atoms with E-state index in [4.69, 9.17) is 47.4 Å². The molecule has 0 aromatic heterocycles. The van der Waals surface area contributed by atoms with Gasteiger partial charge in [-0.05, 0) is 112 Å². The van der Waals surface area contributed by atoms with Crippen LogP contribution in [-0.4, -0.2) is 296 Å². The standard InChI is InChI=1S/C59H100O28/c1-23(8-13-35(56(3,4)77)86-55-50(87-54-49(76)43(70)38(65)31(20-62)83-54)45(72)40(67)33(85-55)22-79-52-47(74)42(69)37(64)30(19-61)82-52)26-14-15-59(7)34-12-9-25-24(2)28(11-10-27(25)57(34,5)16-17-58(26,59)6)80-53-48(75)44(71)39(66)32(84-53)21-78-51-46(73)41(68)36(63)29(18-60)81-51/h9,23-24,26-55,60-77H,8,10-22H2,1-7H3/t23-,24-,26?,27?,28+,29-,30-,31+,32-,33-,34?,35-,36-,37-,38+,39-,40-,41+,42+,43-,44+,45+,46-,47-,48-,49+,50-,51-,52-,53-,54-,55+,57+,58-,59+/m1/s1. The average Bonchev–Trinajstić information content (AvgIpc) is 1.66. The van der Waals surface area contributed by atoms with E-state index in [9.17, 15) is 91.9 Å². The Labute approximate surface area is 506 Å². The summed E-state index contributed by atoms with van der Waals surface area (Å²) in [5.41, 5.74) is -0.579. The average molecular weight is 1260 g/mol. The van der Waals surface area contributed by atoms with Crippen molar-refractivity contribution in [2.45, 2.75) is 278 Å². The first-order chi connectivity index (χ1) is 40.9. The molecule has 5 heterocycles. The molecule has 0 bridgehead atoms. The van der Waals surface area contributed by atoms with Crippen LogP contribution in [0, 0.1) is 45.8 Å². The maximum Gasteiger partial charge on any atom is 0.187 e. The van der Waals surface area contributed by atoms with Crippen molar-refractivity contribution in [3.05, 3.63) is 11.6 Å². The highest BCUT2D eigenvalue weighted by atomic mass is 16.8. The van der Waals surface area contributed by atoms with E-state index in [2.05, 4.69) is 40.7 Å². The Hall–Kier alpha value is -1.38. The molecular formula is C59H100O28. The molecule has 3 saturated carbocycles. The van der Waals surface area contributed by atoms with Crippen LogP contribution in [0.3, 0.4) is 0 Å². The molecule has 87 heavy (non-hydrogen) atoms. The lowest BCUT2D eigenvalue weighted by Crippen LogP contribution is -2.65. The Morgan fingerprint density at radius 1 is 0.517 bits per heavy atom. The molecule has 0 aromatic rings. The van der Waals surface area contributed by atoms with Crippen LogP contribution in [0.25, 0.3) is 0 Å². The first kappa shape index (κ1) is 69.9. The molecule has 35 atom stereocenters. The second kappa shape index (κ2) is 27.5. The molecule has 5 saturated heterocycles. The van der Waals surface area contributed by atoms with Crippen LogP contribution in [-0.2, 0) is 47.4 Å². The largest absolute Gasteiger partial charge is 0.394 e. The highest BCUT2D eigenvalue weighted by molar-refractivity contribution is 5.27. The summed E-state index contributed by atoms with van der Waals surface area (Å²) in [5.74, 6) is 0.783. The number of aliphatic hydroxyl groups excluding tert-OH is 17. The van der Waals surface area contributed by atoms with Crippen molar-refractivity contribution in [3.8, 4) is 0 Å². The number of hydrogen-bond acceptors (Lipinski definition) is 28. The number of ether oxygens (including phenoxy) is 10. The summed E-state index contributed by atoms with van der Waals surface area (Å²) >= 11 is 0. The minimum atomic E-state index is -1.93. The zero-order valence-corrected chi connectivity index (χ0v) is 50.6. The predicted molar refractivity (Wildman–Crippen MR) is 294 cm³/mol. The molecule has 5 aliphatic heterocycles. The molecule has 4 aliphatic carbocycles. The molecular weight excluding hydrogens is 1160 g/mol. The van der Waals surface area contributed by atoms with Crippen molar-refractivity contribution < 1.29 is 139 Å². The fourth-order valence-electron chi connectivity index (χ4n) is 16.7. The molecule has 3 unspecified atom stereocenters. The zero-order valence-electron chi connectivity index (χ0n) is 50.6. The van der Waals surface area contributed by atoms with E-state index >= 15 is 0 Å². The van der Waals surface area contributed by atoms with E-state index in [1.54, 1.807) is 13.8 Å². The van der Waals surface area contributed by atoms with Crippen molar-refractivity contribution in [1.29, 1.82) is 0 Å². The maximum atomic E-state index is 11.8. The SMILES string of the molecule is C[C@H](CC[C@@H](O[C@@H]1O[C@H](CO[C@@H]2O[C@H](CO)[C@@H](O)[C@H](O)[C@H]2O)[C@@H](O)[C@H](O)[C@H]1O[C@H]1O[C@@H](CO)[C@H](O)[C@@H](O)[C@@H]1O)C(C)(C)O)C1CC[C@@]2(C)C3CC=C4C(CC[C@H](O[C@@H]5O[C@H](CO[C@@H]6O[C@H](CO)[C@@H](O)[C@H](O)[C@H]6O)[C@@H](O)[C@H](O)[C@H]5O)[C@@H]4C)[C@]3(C)CC[C@]12C. The highest BCUT2D eigenvalue weighted by Gasteiger charge is 2.67. The molecule has 0 radical (unpaired) electrons. The number of rotatable bonds is 20. The lowest BCUT2D eigenvalue weighted by Gasteiger charge is -2.65. The Morgan fingerprint density at radius 2 is 0.966 bits per heavy atom. The monoisotopic (exact) mass is 1260 g/mol. The molecule has 504 valence electrons. The summed E-state index contributed by atoms with van der Waals surface area (Å²) in [7, 11) is 0. The van der Waals surface area contributed by atoms with Crippen LogP contribution in [0.4, 0.5) is 0 Å². The van der Waals surface area contributed by atoms with E-state index in [1.807, 2.05) is 0 Å². The topological polar surface area (TPSA) is 456 Å². The quantitative estimate of drug-likeness (QED) is 0.0509. The lowest BCUT2D eigenvalue weighted by atomic mass is 9.40. The van der Waals surface area contributed by atoms with Gasteiger partial charge in [0.1, 0.15) is 122 Å². The van der Waals surface area contributed by atoms with Crippen molar-refractivity contribution in [3.63, 3.8) is 0 Å². The van der Waals surface area contributed by atoms with Crippen molar-refractivity contribution in [1.82, 2.24) is 0 Å². The zero-order chi connectivity index (χ0) is 63.7. The molecule has 9 rings (SSSR count). The van der Waals surface area contributed by atoms with E-state index in [1.165, 1.54) is 5.57 Å². The molecule has 28 nitrogen and oxygen atoms in total. The van der Waals surface area contributed by atoms with Gasteiger partial charge in [0.25, 0.3) is 0 Å². The van der Waals surface area contributed by atoms with Crippen LogP contribution >= 0.6 is 0 Å². The second-order valence-electron chi connectivity index (χ2n) is 27.8. The molecule has 0 amide bonds. The van der Waals surface area contributed by atoms with Gasteiger partial charge in [0.15, 0.2) is 31.5 Å². The third kappa shape index (κ3) is 13.1. The lowest BCUT2D eigenvalue weighted by molar-refractivity contribution is -0.380. The van der Waals surface area contributed by atoms with E-state index in [0.717, 1.165) is 38.5 Å². The van der Waals surface area contributed by atoms with E-state index in [-0.39, 0.29) is 46.3 Å². The summed E-state index contributed by atoms with van der Waals surface area (Å²) < 4.78 is 59.3. The fraction of sp³-hybridized carbons (Fsp3) is 0.966. The highest BCUT2D eigenvalue weighted by Crippen LogP contribution is 2.74. The number of aliphatic hydroxyl groups is 18. The van der Waals surface area contributed by atoms with Crippen LogP contribution < -0.4 is 0 Å². The third-order valence-corrected chi connectivity index (χ3v) is 22.4.